The summed E-state index contributed by atoms with van der Waals surface area (Å²) in [6.45, 7) is 15.8. The summed E-state index contributed by atoms with van der Waals surface area (Å²) in [5, 5.41) is 3.96. The van der Waals surface area contributed by atoms with Crippen LogP contribution in [0.15, 0.2) is 0 Å². The fraction of sp³-hybridized carbons (Fsp3) is 1.00. The van der Waals surface area contributed by atoms with Crippen LogP contribution in [-0.2, 0) is 0 Å². The molecule has 202 valence electrons. The SMILES string of the molecule is CCCCC(CC)CN(CC(CC)CCCC)CN(CCNC1CCCCC1)C1CCCCC1. The second kappa shape index (κ2) is 19.1. The van der Waals surface area contributed by atoms with Crippen molar-refractivity contribution in [2.45, 2.75) is 155 Å². The monoisotopic (exact) mass is 478 g/mol. The number of hydrogen-bond donors (Lipinski definition) is 1. The smallest absolute Gasteiger partial charge is 0.0509 e. The van der Waals surface area contributed by atoms with Gasteiger partial charge in [-0.25, -0.2) is 0 Å². The molecule has 2 aliphatic carbocycles. The first-order valence-corrected chi connectivity index (χ1v) is 15.9. The van der Waals surface area contributed by atoms with Gasteiger partial charge in [0.2, 0.25) is 0 Å². The lowest BCUT2D eigenvalue weighted by molar-refractivity contribution is 0.0524. The molecule has 1 N–H and O–H groups in total. The predicted molar refractivity (Wildman–Crippen MR) is 152 cm³/mol. The topological polar surface area (TPSA) is 18.5 Å². The molecule has 0 aromatic heterocycles. The summed E-state index contributed by atoms with van der Waals surface area (Å²) >= 11 is 0. The van der Waals surface area contributed by atoms with Crippen LogP contribution in [0, 0.1) is 11.8 Å². The molecule has 0 aliphatic heterocycles. The van der Waals surface area contributed by atoms with Gasteiger partial charge in [0.1, 0.15) is 0 Å². The molecule has 2 rings (SSSR count). The molecule has 0 aromatic carbocycles. The Morgan fingerprint density at radius 1 is 0.706 bits per heavy atom. The summed E-state index contributed by atoms with van der Waals surface area (Å²) in [4.78, 5) is 5.84. The summed E-state index contributed by atoms with van der Waals surface area (Å²) in [5.41, 5.74) is 0. The second-order valence-corrected chi connectivity index (χ2v) is 11.9. The van der Waals surface area contributed by atoms with Gasteiger partial charge in [-0.15, -0.1) is 0 Å². The molecule has 34 heavy (non-hydrogen) atoms. The van der Waals surface area contributed by atoms with Gasteiger partial charge >= 0.3 is 0 Å². The third-order valence-electron chi connectivity index (χ3n) is 9.03. The molecular weight excluding hydrogens is 414 g/mol. The van der Waals surface area contributed by atoms with Crippen molar-refractivity contribution in [1.82, 2.24) is 15.1 Å². The number of hydrogen-bond acceptors (Lipinski definition) is 3. The highest BCUT2D eigenvalue weighted by Crippen LogP contribution is 2.25. The van der Waals surface area contributed by atoms with Crippen molar-refractivity contribution in [3.05, 3.63) is 0 Å². The van der Waals surface area contributed by atoms with E-state index in [2.05, 4.69) is 42.8 Å². The van der Waals surface area contributed by atoms with Crippen LogP contribution in [0.5, 0.6) is 0 Å². The maximum atomic E-state index is 3.96. The van der Waals surface area contributed by atoms with Crippen molar-refractivity contribution in [1.29, 1.82) is 0 Å². The molecule has 3 heteroatoms. The van der Waals surface area contributed by atoms with Crippen LogP contribution in [0.4, 0.5) is 0 Å². The van der Waals surface area contributed by atoms with Gasteiger partial charge in [-0.05, 0) is 50.4 Å². The maximum Gasteiger partial charge on any atom is 0.0509 e. The Morgan fingerprint density at radius 3 is 1.74 bits per heavy atom. The fourth-order valence-electron chi connectivity index (χ4n) is 6.55. The first-order chi connectivity index (χ1) is 16.7. The highest BCUT2D eigenvalue weighted by molar-refractivity contribution is 4.80. The summed E-state index contributed by atoms with van der Waals surface area (Å²) in [6, 6.07) is 1.60. The van der Waals surface area contributed by atoms with Gasteiger partial charge in [-0.1, -0.05) is 105 Å². The molecule has 2 fully saturated rings. The van der Waals surface area contributed by atoms with Crippen molar-refractivity contribution in [3.8, 4) is 0 Å². The second-order valence-electron chi connectivity index (χ2n) is 11.9. The van der Waals surface area contributed by atoms with E-state index in [1.54, 1.807) is 0 Å². The van der Waals surface area contributed by atoms with Crippen LogP contribution in [-0.4, -0.2) is 54.7 Å². The molecule has 0 amide bonds. The normalized spacial score (nSPS) is 20.3. The zero-order valence-corrected chi connectivity index (χ0v) is 24.0. The minimum Gasteiger partial charge on any atom is -0.313 e. The Balaban J connectivity index is 2.02. The van der Waals surface area contributed by atoms with Gasteiger partial charge < -0.3 is 5.32 Å². The van der Waals surface area contributed by atoms with E-state index in [-0.39, 0.29) is 0 Å². The molecule has 0 bridgehead atoms. The third-order valence-corrected chi connectivity index (χ3v) is 9.03. The first-order valence-electron chi connectivity index (χ1n) is 15.9. The van der Waals surface area contributed by atoms with E-state index in [1.807, 2.05) is 0 Å². The zero-order valence-electron chi connectivity index (χ0n) is 24.0. The minimum absolute atomic E-state index is 0.787. The molecule has 2 unspecified atom stereocenters. The van der Waals surface area contributed by atoms with Crippen molar-refractivity contribution >= 4 is 0 Å². The maximum absolute atomic E-state index is 3.96. The molecule has 0 aromatic rings. The number of unbranched alkanes of at least 4 members (excludes halogenated alkanes) is 2. The standard InChI is InChI=1S/C31H63N3/c1-5-9-17-28(7-3)25-33(26-29(8-4)18-10-6-2)27-34(31-21-15-12-16-22-31)24-23-32-30-19-13-11-14-20-30/h28-32H,5-27H2,1-4H3. The molecule has 2 aliphatic rings. The molecule has 0 radical (unpaired) electrons. The number of nitrogens with zero attached hydrogens (tertiary/aromatic N) is 2. The lowest BCUT2D eigenvalue weighted by atomic mass is 9.93. The van der Waals surface area contributed by atoms with Gasteiger partial charge in [0.05, 0.1) is 6.67 Å². The van der Waals surface area contributed by atoms with E-state index in [9.17, 15) is 0 Å². The molecule has 0 spiro atoms. The van der Waals surface area contributed by atoms with Crippen molar-refractivity contribution in [2.24, 2.45) is 11.8 Å². The summed E-state index contributed by atoms with van der Waals surface area (Å²) in [6.07, 6.45) is 25.3. The van der Waals surface area contributed by atoms with E-state index >= 15 is 0 Å². The van der Waals surface area contributed by atoms with Gasteiger partial charge in [-0.2, -0.15) is 0 Å². The molecule has 2 saturated carbocycles. The van der Waals surface area contributed by atoms with Crippen molar-refractivity contribution in [2.75, 3.05) is 32.8 Å². The van der Waals surface area contributed by atoms with Gasteiger partial charge in [0.15, 0.2) is 0 Å². The van der Waals surface area contributed by atoms with Gasteiger partial charge in [-0.3, -0.25) is 9.80 Å². The largest absolute Gasteiger partial charge is 0.313 e. The average Bonchev–Trinajstić information content (AvgIpc) is 2.89. The first kappa shape index (κ1) is 30.1. The predicted octanol–water partition coefficient (Wildman–Crippen LogP) is 8.24. The summed E-state index contributed by atoms with van der Waals surface area (Å²) in [5.74, 6) is 1.74. The quantitative estimate of drug-likeness (QED) is 0.189. The van der Waals surface area contributed by atoms with Crippen LogP contribution in [0.1, 0.15) is 143 Å². The van der Waals surface area contributed by atoms with Crippen LogP contribution < -0.4 is 5.32 Å². The van der Waals surface area contributed by atoms with Gasteiger partial charge in [0, 0.05) is 38.3 Å². The molecule has 0 heterocycles. The Hall–Kier alpha value is -0.120. The van der Waals surface area contributed by atoms with Crippen LogP contribution >= 0.6 is 0 Å². The van der Waals surface area contributed by atoms with Crippen LogP contribution in [0.25, 0.3) is 0 Å². The van der Waals surface area contributed by atoms with E-state index in [0.29, 0.717) is 0 Å². The Morgan fingerprint density at radius 2 is 1.24 bits per heavy atom. The Bertz CT molecular complexity index is 438. The lowest BCUT2D eigenvalue weighted by Gasteiger charge is -2.40. The highest BCUT2D eigenvalue weighted by atomic mass is 15.3. The zero-order chi connectivity index (χ0) is 24.4. The van der Waals surface area contributed by atoms with Crippen molar-refractivity contribution < 1.29 is 0 Å². The van der Waals surface area contributed by atoms with Crippen molar-refractivity contribution in [3.63, 3.8) is 0 Å². The molecular formula is C31H63N3. The van der Waals surface area contributed by atoms with Crippen LogP contribution in [0.2, 0.25) is 0 Å². The summed E-state index contributed by atoms with van der Waals surface area (Å²) < 4.78 is 0. The molecule has 3 nitrogen and oxygen atoms in total. The van der Waals surface area contributed by atoms with E-state index in [0.717, 1.165) is 23.9 Å². The van der Waals surface area contributed by atoms with Gasteiger partial charge in [0.25, 0.3) is 0 Å². The van der Waals surface area contributed by atoms with E-state index in [1.165, 1.54) is 148 Å². The Labute approximate surface area is 215 Å². The van der Waals surface area contributed by atoms with Crippen LogP contribution in [0.3, 0.4) is 0 Å². The number of rotatable bonds is 19. The average molecular weight is 478 g/mol. The number of nitrogens with one attached hydrogen (secondary N) is 1. The van der Waals surface area contributed by atoms with E-state index < -0.39 is 0 Å². The molecule has 0 saturated heterocycles. The molecule has 2 atom stereocenters. The minimum atomic E-state index is 0.787. The highest BCUT2D eigenvalue weighted by Gasteiger charge is 2.25. The summed E-state index contributed by atoms with van der Waals surface area (Å²) in [7, 11) is 0. The Kier molecular flexibility index (Phi) is 16.9. The van der Waals surface area contributed by atoms with E-state index in [4.69, 9.17) is 0 Å². The lowest BCUT2D eigenvalue weighted by Crippen LogP contribution is -2.50. The third kappa shape index (κ3) is 12.2. The fourth-order valence-corrected chi connectivity index (χ4v) is 6.55.